The highest BCUT2D eigenvalue weighted by Gasteiger charge is 2.13. The van der Waals surface area contributed by atoms with E-state index in [0.29, 0.717) is 24.7 Å². The number of unbranched alkanes of at least 4 members (excludes halogenated alkanes) is 1. The molecular formula is C25H32O4. The molecular weight excluding hydrogens is 364 g/mol. The van der Waals surface area contributed by atoms with Crippen molar-refractivity contribution < 1.29 is 19.0 Å². The van der Waals surface area contributed by atoms with Gasteiger partial charge in [0, 0.05) is 6.08 Å². The number of ether oxygens (including phenoxy) is 3. The molecule has 0 aliphatic heterocycles. The van der Waals surface area contributed by atoms with Crippen molar-refractivity contribution in [3.05, 3.63) is 59.7 Å². The molecule has 0 aliphatic rings. The van der Waals surface area contributed by atoms with E-state index in [9.17, 15) is 4.79 Å². The van der Waals surface area contributed by atoms with Crippen LogP contribution in [0.2, 0.25) is 0 Å². The van der Waals surface area contributed by atoms with Crippen molar-refractivity contribution in [2.75, 3.05) is 13.2 Å². The summed E-state index contributed by atoms with van der Waals surface area (Å²) in [7, 11) is 0. The molecule has 2 aromatic carbocycles. The Bertz CT molecular complexity index is 814. The van der Waals surface area contributed by atoms with E-state index in [0.717, 1.165) is 24.2 Å². The summed E-state index contributed by atoms with van der Waals surface area (Å²) in [5, 5.41) is 0. The van der Waals surface area contributed by atoms with Gasteiger partial charge in [-0.15, -0.1) is 0 Å². The summed E-state index contributed by atoms with van der Waals surface area (Å²) >= 11 is 0. The highest BCUT2D eigenvalue weighted by molar-refractivity contribution is 5.88. The zero-order chi connectivity index (χ0) is 21.3. The average molecular weight is 397 g/mol. The van der Waals surface area contributed by atoms with Crippen LogP contribution in [0.25, 0.3) is 6.08 Å². The lowest BCUT2D eigenvalue weighted by Crippen LogP contribution is -2.11. The van der Waals surface area contributed by atoms with Crippen LogP contribution in [0.4, 0.5) is 0 Å². The molecule has 0 atom stereocenters. The van der Waals surface area contributed by atoms with E-state index in [1.165, 1.54) is 11.6 Å². The molecule has 4 nitrogen and oxygen atoms in total. The molecule has 0 radical (unpaired) electrons. The predicted octanol–water partition coefficient (Wildman–Crippen LogP) is 6.18. The Morgan fingerprint density at radius 3 is 2.31 bits per heavy atom. The van der Waals surface area contributed by atoms with Gasteiger partial charge in [-0.1, -0.05) is 52.3 Å². The van der Waals surface area contributed by atoms with Crippen LogP contribution in [0, 0.1) is 0 Å². The van der Waals surface area contributed by atoms with Crippen LogP contribution < -0.4 is 14.2 Å². The second kappa shape index (κ2) is 10.7. The zero-order valence-electron chi connectivity index (χ0n) is 18.2. The van der Waals surface area contributed by atoms with E-state index in [-0.39, 0.29) is 5.41 Å². The number of esters is 1. The second-order valence-electron chi connectivity index (χ2n) is 7.87. The standard InChI is InChI=1S/C25H32O4/c1-6-8-17-28-22-15-9-19(18-23(22)27-7-2)10-16-24(26)29-21-13-11-20(12-14-21)25(3,4)5/h9-16,18H,6-8,17H2,1-5H3/b16-10+. The maximum atomic E-state index is 12.2. The normalized spacial score (nSPS) is 11.5. The molecule has 0 aromatic heterocycles. The monoisotopic (exact) mass is 396 g/mol. The van der Waals surface area contributed by atoms with Gasteiger partial charge in [-0.3, -0.25) is 0 Å². The quantitative estimate of drug-likeness (QED) is 0.220. The lowest BCUT2D eigenvalue weighted by atomic mass is 9.87. The smallest absolute Gasteiger partial charge is 0.336 e. The average Bonchev–Trinajstić information content (AvgIpc) is 2.68. The van der Waals surface area contributed by atoms with Gasteiger partial charge in [0.1, 0.15) is 5.75 Å². The third-order valence-corrected chi connectivity index (χ3v) is 4.37. The van der Waals surface area contributed by atoms with Crippen molar-refractivity contribution >= 4 is 12.0 Å². The van der Waals surface area contributed by atoms with E-state index < -0.39 is 5.97 Å². The lowest BCUT2D eigenvalue weighted by molar-refractivity contribution is -0.128. The van der Waals surface area contributed by atoms with Gasteiger partial charge in [0.05, 0.1) is 13.2 Å². The minimum atomic E-state index is -0.422. The molecule has 0 saturated carbocycles. The molecule has 2 rings (SSSR count). The third-order valence-electron chi connectivity index (χ3n) is 4.37. The van der Waals surface area contributed by atoms with Gasteiger partial charge < -0.3 is 14.2 Å². The first-order chi connectivity index (χ1) is 13.8. The number of hydrogen-bond donors (Lipinski definition) is 0. The van der Waals surface area contributed by atoms with Crippen molar-refractivity contribution in [3.63, 3.8) is 0 Å². The molecule has 0 saturated heterocycles. The van der Waals surface area contributed by atoms with Crippen molar-refractivity contribution in [3.8, 4) is 17.2 Å². The van der Waals surface area contributed by atoms with Crippen molar-refractivity contribution in [2.24, 2.45) is 0 Å². The molecule has 0 heterocycles. The molecule has 0 bridgehead atoms. The van der Waals surface area contributed by atoms with Gasteiger partial charge >= 0.3 is 5.97 Å². The summed E-state index contributed by atoms with van der Waals surface area (Å²) in [6, 6.07) is 13.2. The minimum absolute atomic E-state index is 0.0626. The molecule has 156 valence electrons. The molecule has 4 heteroatoms. The fourth-order valence-corrected chi connectivity index (χ4v) is 2.68. The Kier molecular flexibility index (Phi) is 8.32. The van der Waals surface area contributed by atoms with Crippen molar-refractivity contribution in [1.29, 1.82) is 0 Å². The molecule has 0 spiro atoms. The van der Waals surface area contributed by atoms with Gasteiger partial charge in [0.2, 0.25) is 0 Å². The summed E-state index contributed by atoms with van der Waals surface area (Å²) < 4.78 is 16.8. The summed E-state index contributed by atoms with van der Waals surface area (Å²) in [5.74, 6) is 1.51. The number of hydrogen-bond acceptors (Lipinski definition) is 4. The first-order valence-electron chi connectivity index (χ1n) is 10.2. The number of carbonyl (C=O) groups is 1. The molecule has 29 heavy (non-hydrogen) atoms. The van der Waals surface area contributed by atoms with Gasteiger partial charge in [0.15, 0.2) is 11.5 Å². The van der Waals surface area contributed by atoms with Gasteiger partial charge in [-0.25, -0.2) is 4.79 Å². The Hall–Kier alpha value is -2.75. The second-order valence-corrected chi connectivity index (χ2v) is 7.87. The molecule has 0 unspecified atom stereocenters. The zero-order valence-corrected chi connectivity index (χ0v) is 18.2. The van der Waals surface area contributed by atoms with E-state index >= 15 is 0 Å². The van der Waals surface area contributed by atoms with Crippen LogP contribution >= 0.6 is 0 Å². The van der Waals surface area contributed by atoms with Crippen LogP contribution in [-0.2, 0) is 10.2 Å². The third kappa shape index (κ3) is 7.30. The summed E-state index contributed by atoms with van der Waals surface area (Å²) in [5.41, 5.74) is 2.10. The highest BCUT2D eigenvalue weighted by Crippen LogP contribution is 2.29. The largest absolute Gasteiger partial charge is 0.490 e. The highest BCUT2D eigenvalue weighted by atomic mass is 16.5. The Balaban J connectivity index is 2.02. The number of benzene rings is 2. The van der Waals surface area contributed by atoms with E-state index in [1.54, 1.807) is 6.08 Å². The SMILES string of the molecule is CCCCOc1ccc(/C=C/C(=O)Oc2ccc(C(C)(C)C)cc2)cc1OCC. The predicted molar refractivity (Wildman–Crippen MR) is 118 cm³/mol. The van der Waals surface area contributed by atoms with Gasteiger partial charge in [-0.05, 0) is 60.2 Å². The number of carbonyl (C=O) groups excluding carboxylic acids is 1. The first kappa shape index (κ1) is 22.5. The van der Waals surface area contributed by atoms with Gasteiger partial charge in [-0.2, -0.15) is 0 Å². The van der Waals surface area contributed by atoms with Crippen LogP contribution in [0.15, 0.2) is 48.5 Å². The van der Waals surface area contributed by atoms with Crippen LogP contribution in [-0.4, -0.2) is 19.2 Å². The lowest BCUT2D eigenvalue weighted by Gasteiger charge is -2.18. The first-order valence-corrected chi connectivity index (χ1v) is 10.2. The molecule has 2 aromatic rings. The van der Waals surface area contributed by atoms with E-state index in [4.69, 9.17) is 14.2 Å². The summed E-state index contributed by atoms with van der Waals surface area (Å²) in [4.78, 5) is 12.2. The Labute approximate surface area is 174 Å². The molecule has 0 N–H and O–H groups in total. The van der Waals surface area contributed by atoms with Crippen LogP contribution in [0.3, 0.4) is 0 Å². The molecule has 0 fully saturated rings. The van der Waals surface area contributed by atoms with E-state index in [2.05, 4.69) is 27.7 Å². The van der Waals surface area contributed by atoms with Crippen LogP contribution in [0.5, 0.6) is 17.2 Å². The topological polar surface area (TPSA) is 44.8 Å². The molecule has 0 amide bonds. The Morgan fingerprint density at radius 2 is 1.69 bits per heavy atom. The fraction of sp³-hybridized carbons (Fsp3) is 0.400. The van der Waals surface area contributed by atoms with Crippen LogP contribution in [0.1, 0.15) is 58.6 Å². The maximum absolute atomic E-state index is 12.2. The summed E-state index contributed by atoms with van der Waals surface area (Å²) in [6.07, 6.45) is 5.20. The van der Waals surface area contributed by atoms with E-state index in [1.807, 2.05) is 49.4 Å². The molecule has 0 aliphatic carbocycles. The summed E-state index contributed by atoms with van der Waals surface area (Å²) in [6.45, 7) is 11.7. The number of rotatable bonds is 9. The van der Waals surface area contributed by atoms with Gasteiger partial charge in [0.25, 0.3) is 0 Å². The maximum Gasteiger partial charge on any atom is 0.336 e. The van der Waals surface area contributed by atoms with Crippen molar-refractivity contribution in [1.82, 2.24) is 0 Å². The minimum Gasteiger partial charge on any atom is -0.490 e. The van der Waals surface area contributed by atoms with Crippen molar-refractivity contribution in [2.45, 2.75) is 52.9 Å². The fourth-order valence-electron chi connectivity index (χ4n) is 2.68. The Morgan fingerprint density at radius 1 is 0.966 bits per heavy atom.